The van der Waals surface area contributed by atoms with E-state index in [1.165, 1.54) is 0 Å². The van der Waals surface area contributed by atoms with Gasteiger partial charge >= 0.3 is 0 Å². The Labute approximate surface area is 59.6 Å². The Bertz CT molecular complexity index is 218. The smallest absolute Gasteiger partial charge is 0.0851 e. The summed E-state index contributed by atoms with van der Waals surface area (Å²) in [5.74, 6) is 0. The van der Waals surface area contributed by atoms with E-state index in [1.807, 2.05) is 18.2 Å². The van der Waals surface area contributed by atoms with Crippen molar-refractivity contribution < 1.29 is 5.11 Å². The van der Waals surface area contributed by atoms with Crippen LogP contribution in [-0.4, -0.2) is 17.4 Å². The Hall–Kier alpha value is -1.15. The average molecular weight is 135 g/mol. The molecule has 0 heterocycles. The molecule has 2 nitrogen and oxygen atoms in total. The molecule has 10 heavy (non-hydrogen) atoms. The predicted octanol–water partition coefficient (Wildman–Crippen LogP) is 1.05. The zero-order valence-corrected chi connectivity index (χ0v) is 5.54. The molecule has 1 aromatic carbocycles. The highest BCUT2D eigenvalue weighted by molar-refractivity contribution is 5.98. The molecule has 0 aromatic heterocycles. The van der Waals surface area contributed by atoms with Crippen molar-refractivity contribution in [2.45, 2.75) is 0 Å². The Morgan fingerprint density at radius 1 is 1.30 bits per heavy atom. The number of aliphatic hydroxyl groups is 1. The van der Waals surface area contributed by atoms with E-state index >= 15 is 0 Å². The Kier molecular flexibility index (Phi) is 2.18. The molecule has 0 aliphatic carbocycles. The minimum Gasteiger partial charge on any atom is -0.390 e. The van der Waals surface area contributed by atoms with Gasteiger partial charge in [-0.2, -0.15) is 0 Å². The minimum absolute atomic E-state index is 0.190. The quantitative estimate of drug-likeness (QED) is 0.585. The maximum atomic E-state index is 8.56. The summed E-state index contributed by atoms with van der Waals surface area (Å²) in [6.07, 6.45) is 0. The van der Waals surface area contributed by atoms with Crippen LogP contribution in [0.25, 0.3) is 0 Å². The van der Waals surface area contributed by atoms with E-state index in [0.29, 0.717) is 0 Å². The van der Waals surface area contributed by atoms with Crippen LogP contribution in [0.5, 0.6) is 0 Å². The third kappa shape index (κ3) is 1.42. The normalized spacial score (nSPS) is 9.30. The standard InChI is InChI=1S/C8H9NO/c9-8(6-10)7-4-2-1-3-5-7/h1-5,9-10H,6H2. The molecule has 0 aliphatic rings. The largest absolute Gasteiger partial charge is 0.390 e. The predicted molar refractivity (Wildman–Crippen MR) is 40.4 cm³/mol. The maximum Gasteiger partial charge on any atom is 0.0851 e. The van der Waals surface area contributed by atoms with E-state index in [2.05, 4.69) is 0 Å². The maximum absolute atomic E-state index is 8.56. The first-order valence-corrected chi connectivity index (χ1v) is 3.08. The van der Waals surface area contributed by atoms with Crippen molar-refractivity contribution in [3.63, 3.8) is 0 Å². The molecule has 0 atom stereocenters. The van der Waals surface area contributed by atoms with Crippen LogP contribution in [0, 0.1) is 5.41 Å². The molecule has 0 saturated carbocycles. The summed E-state index contributed by atoms with van der Waals surface area (Å²) in [5.41, 5.74) is 1.05. The highest BCUT2D eigenvalue weighted by atomic mass is 16.3. The van der Waals surface area contributed by atoms with Crippen LogP contribution in [0.1, 0.15) is 5.56 Å². The van der Waals surface area contributed by atoms with Gasteiger partial charge in [0.15, 0.2) is 0 Å². The van der Waals surface area contributed by atoms with Gasteiger partial charge in [-0.1, -0.05) is 30.3 Å². The van der Waals surface area contributed by atoms with E-state index in [-0.39, 0.29) is 12.3 Å². The second kappa shape index (κ2) is 3.13. The van der Waals surface area contributed by atoms with Gasteiger partial charge in [0.2, 0.25) is 0 Å². The zero-order chi connectivity index (χ0) is 7.40. The molecule has 0 fully saturated rings. The van der Waals surface area contributed by atoms with Crippen LogP contribution < -0.4 is 0 Å². The van der Waals surface area contributed by atoms with Crippen LogP contribution in [-0.2, 0) is 0 Å². The first kappa shape index (κ1) is 6.96. The fourth-order valence-electron chi connectivity index (χ4n) is 0.731. The average Bonchev–Trinajstić information content (AvgIpc) is 2.05. The summed E-state index contributed by atoms with van der Waals surface area (Å²) in [6.45, 7) is -0.190. The molecular formula is C8H9NO. The molecule has 1 rings (SSSR count). The van der Waals surface area contributed by atoms with Crippen LogP contribution in [0.15, 0.2) is 30.3 Å². The van der Waals surface area contributed by atoms with Gasteiger partial charge in [-0.05, 0) is 5.56 Å². The van der Waals surface area contributed by atoms with Crippen molar-refractivity contribution in [3.8, 4) is 0 Å². The van der Waals surface area contributed by atoms with Gasteiger partial charge in [0.1, 0.15) is 0 Å². The SMILES string of the molecule is N=C(CO)c1ccccc1. The molecule has 1 aromatic rings. The molecule has 2 N–H and O–H groups in total. The van der Waals surface area contributed by atoms with Gasteiger partial charge in [-0.3, -0.25) is 0 Å². The van der Waals surface area contributed by atoms with Crippen molar-refractivity contribution in [2.24, 2.45) is 0 Å². The van der Waals surface area contributed by atoms with E-state index in [9.17, 15) is 0 Å². The second-order valence-corrected chi connectivity index (χ2v) is 2.00. The summed E-state index contributed by atoms with van der Waals surface area (Å²) < 4.78 is 0. The first-order chi connectivity index (χ1) is 4.84. The van der Waals surface area contributed by atoms with E-state index < -0.39 is 0 Å². The Morgan fingerprint density at radius 2 is 1.90 bits per heavy atom. The number of benzene rings is 1. The van der Waals surface area contributed by atoms with Gasteiger partial charge in [0.25, 0.3) is 0 Å². The molecule has 2 heteroatoms. The van der Waals surface area contributed by atoms with Crippen LogP contribution >= 0.6 is 0 Å². The molecule has 0 amide bonds. The molecule has 52 valence electrons. The Morgan fingerprint density at radius 3 is 2.40 bits per heavy atom. The molecule has 0 radical (unpaired) electrons. The molecular weight excluding hydrogens is 126 g/mol. The van der Waals surface area contributed by atoms with Crippen molar-refractivity contribution in [3.05, 3.63) is 35.9 Å². The fourth-order valence-corrected chi connectivity index (χ4v) is 0.731. The summed E-state index contributed by atoms with van der Waals surface area (Å²) >= 11 is 0. The van der Waals surface area contributed by atoms with Gasteiger partial charge in [0.05, 0.1) is 12.3 Å². The Balaban J connectivity index is 2.85. The van der Waals surface area contributed by atoms with Gasteiger partial charge in [-0.25, -0.2) is 0 Å². The molecule has 0 spiro atoms. The minimum atomic E-state index is -0.190. The zero-order valence-electron chi connectivity index (χ0n) is 5.54. The summed E-state index contributed by atoms with van der Waals surface area (Å²) in [4.78, 5) is 0. The van der Waals surface area contributed by atoms with Crippen molar-refractivity contribution in [1.29, 1.82) is 5.41 Å². The molecule has 0 bridgehead atoms. The molecule has 0 saturated heterocycles. The van der Waals surface area contributed by atoms with Crippen LogP contribution in [0.3, 0.4) is 0 Å². The van der Waals surface area contributed by atoms with E-state index in [4.69, 9.17) is 10.5 Å². The van der Waals surface area contributed by atoms with Crippen LogP contribution in [0.2, 0.25) is 0 Å². The lowest BCUT2D eigenvalue weighted by Gasteiger charge is -1.96. The lowest BCUT2D eigenvalue weighted by molar-refractivity contribution is 0.357. The van der Waals surface area contributed by atoms with E-state index in [1.54, 1.807) is 12.1 Å². The summed E-state index contributed by atoms with van der Waals surface area (Å²) in [5, 5.41) is 15.8. The second-order valence-electron chi connectivity index (χ2n) is 2.00. The van der Waals surface area contributed by atoms with Gasteiger partial charge in [0, 0.05) is 0 Å². The summed E-state index contributed by atoms with van der Waals surface area (Å²) in [6, 6.07) is 9.18. The topological polar surface area (TPSA) is 44.1 Å². The highest BCUT2D eigenvalue weighted by Gasteiger charge is 1.95. The number of aliphatic hydroxyl groups excluding tert-OH is 1. The lowest BCUT2D eigenvalue weighted by Crippen LogP contribution is -2.03. The third-order valence-electron chi connectivity index (χ3n) is 1.28. The van der Waals surface area contributed by atoms with E-state index in [0.717, 1.165) is 5.56 Å². The lowest BCUT2D eigenvalue weighted by atomic mass is 10.1. The number of nitrogens with one attached hydrogen (secondary N) is 1. The van der Waals surface area contributed by atoms with Gasteiger partial charge in [-0.15, -0.1) is 0 Å². The third-order valence-corrected chi connectivity index (χ3v) is 1.28. The first-order valence-electron chi connectivity index (χ1n) is 3.08. The van der Waals surface area contributed by atoms with Gasteiger partial charge < -0.3 is 10.5 Å². The monoisotopic (exact) mass is 135 g/mol. The van der Waals surface area contributed by atoms with Crippen molar-refractivity contribution in [2.75, 3.05) is 6.61 Å². The van der Waals surface area contributed by atoms with Crippen molar-refractivity contribution in [1.82, 2.24) is 0 Å². The number of rotatable bonds is 2. The number of hydrogen-bond acceptors (Lipinski definition) is 2. The number of hydrogen-bond donors (Lipinski definition) is 2. The fraction of sp³-hybridized carbons (Fsp3) is 0.125. The molecule has 0 unspecified atom stereocenters. The van der Waals surface area contributed by atoms with Crippen molar-refractivity contribution >= 4 is 5.71 Å². The van der Waals surface area contributed by atoms with Crippen LogP contribution in [0.4, 0.5) is 0 Å². The highest BCUT2D eigenvalue weighted by Crippen LogP contribution is 1.97. The molecule has 0 aliphatic heterocycles. The summed E-state index contributed by atoms with van der Waals surface area (Å²) in [7, 11) is 0.